The summed E-state index contributed by atoms with van der Waals surface area (Å²) < 4.78 is 44.8. The average Bonchev–Trinajstić information content (AvgIpc) is 3.11. The normalized spacial score (nSPS) is 21.0. The van der Waals surface area contributed by atoms with Gasteiger partial charge in [0.25, 0.3) is 5.91 Å². The van der Waals surface area contributed by atoms with Crippen LogP contribution in [0.1, 0.15) is 22.3 Å². The number of ether oxygens (including phenoxy) is 1. The van der Waals surface area contributed by atoms with E-state index >= 15 is 0 Å². The number of hydrogen-bond donors (Lipinski definition) is 1. The predicted octanol–water partition coefficient (Wildman–Crippen LogP) is 4.11. The van der Waals surface area contributed by atoms with E-state index in [4.69, 9.17) is 4.74 Å². The molecule has 0 aromatic heterocycles. The molecule has 30 heavy (non-hydrogen) atoms. The molecule has 2 aromatic carbocycles. The Bertz CT molecular complexity index is 1020. The van der Waals surface area contributed by atoms with E-state index < -0.39 is 23.9 Å². The van der Waals surface area contributed by atoms with Crippen molar-refractivity contribution in [3.05, 3.63) is 66.2 Å². The molecule has 0 aliphatic carbocycles. The van der Waals surface area contributed by atoms with Crippen molar-refractivity contribution >= 4 is 17.5 Å². The summed E-state index contributed by atoms with van der Waals surface area (Å²) in [6.45, 7) is 4.21. The summed E-state index contributed by atoms with van der Waals surface area (Å²) in [4.78, 5) is 27.4. The fourth-order valence-electron chi connectivity index (χ4n) is 3.91. The molecule has 0 radical (unpaired) electrons. The van der Waals surface area contributed by atoms with Crippen LogP contribution < -0.4 is 5.32 Å². The highest BCUT2D eigenvalue weighted by Crippen LogP contribution is 2.35. The highest BCUT2D eigenvalue weighted by Gasteiger charge is 2.45. The van der Waals surface area contributed by atoms with Crippen molar-refractivity contribution < 1.29 is 27.5 Å². The van der Waals surface area contributed by atoms with Gasteiger partial charge in [0, 0.05) is 6.54 Å². The second-order valence-electron chi connectivity index (χ2n) is 7.22. The largest absolute Gasteiger partial charge is 0.416 e. The maximum absolute atomic E-state index is 13.2. The maximum atomic E-state index is 13.2. The minimum atomic E-state index is -4.46. The van der Waals surface area contributed by atoms with Gasteiger partial charge in [-0.05, 0) is 41.8 Å². The van der Waals surface area contributed by atoms with Gasteiger partial charge in [-0.1, -0.05) is 24.3 Å². The van der Waals surface area contributed by atoms with Gasteiger partial charge in [0.05, 0.1) is 29.5 Å². The van der Waals surface area contributed by atoms with Crippen LogP contribution in [0.4, 0.5) is 18.9 Å². The number of halogens is 3. The number of alkyl halides is 3. The van der Waals surface area contributed by atoms with Gasteiger partial charge in [-0.15, -0.1) is 6.58 Å². The lowest BCUT2D eigenvalue weighted by atomic mass is 9.99. The topological polar surface area (TPSA) is 58.6 Å². The van der Waals surface area contributed by atoms with E-state index in [1.165, 1.54) is 17.0 Å². The van der Waals surface area contributed by atoms with E-state index in [1.54, 1.807) is 24.3 Å². The molecule has 0 spiro atoms. The van der Waals surface area contributed by atoms with Gasteiger partial charge in [-0.3, -0.25) is 9.59 Å². The predicted molar refractivity (Wildman–Crippen MR) is 105 cm³/mol. The molecule has 1 fully saturated rings. The van der Waals surface area contributed by atoms with Crippen molar-refractivity contribution in [2.24, 2.45) is 0 Å². The van der Waals surface area contributed by atoms with Crippen LogP contribution in [-0.4, -0.2) is 42.0 Å². The van der Waals surface area contributed by atoms with E-state index in [1.807, 2.05) is 0 Å². The number of nitrogens with one attached hydrogen (secondary N) is 1. The Morgan fingerprint density at radius 2 is 1.93 bits per heavy atom. The number of rotatable bonds is 4. The summed E-state index contributed by atoms with van der Waals surface area (Å²) in [6, 6.07) is 8.80. The fraction of sp³-hybridized carbons (Fsp3) is 0.273. The van der Waals surface area contributed by atoms with Gasteiger partial charge in [0.2, 0.25) is 5.91 Å². The van der Waals surface area contributed by atoms with Crippen LogP contribution in [0.3, 0.4) is 0 Å². The average molecular weight is 416 g/mol. The maximum Gasteiger partial charge on any atom is 0.416 e. The first-order valence-electron chi connectivity index (χ1n) is 9.45. The second kappa shape index (κ2) is 7.60. The van der Waals surface area contributed by atoms with Crippen molar-refractivity contribution in [1.29, 1.82) is 0 Å². The monoisotopic (exact) mass is 416 g/mol. The molecule has 2 atom stereocenters. The summed E-state index contributed by atoms with van der Waals surface area (Å²) >= 11 is 0. The van der Waals surface area contributed by atoms with Crippen LogP contribution >= 0.6 is 0 Å². The highest BCUT2D eigenvalue weighted by molar-refractivity contribution is 6.11. The molecule has 0 bridgehead atoms. The first-order valence-corrected chi connectivity index (χ1v) is 9.45. The molecule has 2 aliphatic heterocycles. The molecule has 2 amide bonds. The summed E-state index contributed by atoms with van der Waals surface area (Å²) in [5.41, 5.74) is 0.597. The zero-order valence-corrected chi connectivity index (χ0v) is 15.9. The standard InChI is InChI=1S/C22H19F3N2O3/c1-2-10-30-18-8-9-27-19(18)20(28)26-17-7-6-14(12-16(17)21(27)29)13-4-3-5-15(11-13)22(23,24)25/h2-7,11-12,18-19H,1,8-10H2,(H,26,28). The van der Waals surface area contributed by atoms with Crippen LogP contribution in [0.5, 0.6) is 0 Å². The minimum Gasteiger partial charge on any atom is -0.371 e. The van der Waals surface area contributed by atoms with Crippen LogP contribution in [0.15, 0.2) is 55.1 Å². The van der Waals surface area contributed by atoms with Crippen LogP contribution in [0.25, 0.3) is 11.1 Å². The van der Waals surface area contributed by atoms with Crippen molar-refractivity contribution in [1.82, 2.24) is 4.90 Å². The minimum absolute atomic E-state index is 0.241. The molecule has 1 saturated heterocycles. The number of hydrogen-bond acceptors (Lipinski definition) is 3. The molecule has 2 aromatic rings. The molecule has 8 heteroatoms. The number of anilines is 1. The second-order valence-corrected chi connectivity index (χ2v) is 7.22. The van der Waals surface area contributed by atoms with E-state index in [0.717, 1.165) is 12.1 Å². The Balaban J connectivity index is 1.70. The third-order valence-electron chi connectivity index (χ3n) is 5.33. The molecule has 4 rings (SSSR count). The number of amides is 2. The Hall–Kier alpha value is -3.13. The zero-order chi connectivity index (χ0) is 21.5. The highest BCUT2D eigenvalue weighted by atomic mass is 19.4. The Morgan fingerprint density at radius 3 is 2.67 bits per heavy atom. The van der Waals surface area contributed by atoms with Gasteiger partial charge in [-0.2, -0.15) is 13.2 Å². The van der Waals surface area contributed by atoms with Crippen LogP contribution in [-0.2, 0) is 15.7 Å². The van der Waals surface area contributed by atoms with Crippen molar-refractivity contribution in [3.63, 3.8) is 0 Å². The molecule has 2 aliphatic rings. The van der Waals surface area contributed by atoms with Gasteiger partial charge in [0.1, 0.15) is 6.04 Å². The van der Waals surface area contributed by atoms with Crippen LogP contribution in [0.2, 0.25) is 0 Å². The number of carbonyl (C=O) groups excluding carboxylic acids is 2. The third kappa shape index (κ3) is 3.59. The van der Waals surface area contributed by atoms with Gasteiger partial charge >= 0.3 is 6.18 Å². The van der Waals surface area contributed by atoms with Gasteiger partial charge in [0.15, 0.2) is 0 Å². The molecule has 2 unspecified atom stereocenters. The molecule has 1 N–H and O–H groups in total. The number of nitrogens with zero attached hydrogens (tertiary/aromatic N) is 1. The van der Waals surface area contributed by atoms with E-state index in [9.17, 15) is 22.8 Å². The summed E-state index contributed by atoms with van der Waals surface area (Å²) in [7, 11) is 0. The Morgan fingerprint density at radius 1 is 1.17 bits per heavy atom. The number of carbonyl (C=O) groups is 2. The first-order chi connectivity index (χ1) is 14.3. The SMILES string of the molecule is C=CCOC1CCN2C(=O)c3cc(-c4cccc(C(F)(F)F)c4)ccc3NC(=O)C12. The summed E-state index contributed by atoms with van der Waals surface area (Å²) in [5.74, 6) is -0.702. The summed E-state index contributed by atoms with van der Waals surface area (Å²) in [5, 5.41) is 2.76. The molecular weight excluding hydrogens is 397 g/mol. The fourth-order valence-corrected chi connectivity index (χ4v) is 3.91. The molecule has 2 heterocycles. The molecule has 0 saturated carbocycles. The van der Waals surface area contributed by atoms with Gasteiger partial charge < -0.3 is 15.0 Å². The van der Waals surface area contributed by atoms with E-state index in [0.29, 0.717) is 29.8 Å². The lowest BCUT2D eigenvalue weighted by Gasteiger charge is -2.24. The van der Waals surface area contributed by atoms with Crippen molar-refractivity contribution in [3.8, 4) is 11.1 Å². The van der Waals surface area contributed by atoms with Crippen molar-refractivity contribution in [2.75, 3.05) is 18.5 Å². The van der Waals surface area contributed by atoms with E-state index in [2.05, 4.69) is 11.9 Å². The Kier molecular flexibility index (Phi) is 5.11. The lowest BCUT2D eigenvalue weighted by molar-refractivity contribution is -0.137. The number of fused-ring (bicyclic) bond motifs is 2. The Labute approximate surface area is 171 Å². The third-order valence-corrected chi connectivity index (χ3v) is 5.33. The van der Waals surface area contributed by atoms with E-state index in [-0.39, 0.29) is 24.0 Å². The zero-order valence-electron chi connectivity index (χ0n) is 15.9. The summed E-state index contributed by atoms with van der Waals surface area (Å²) in [6.07, 6.45) is -2.81. The van der Waals surface area contributed by atoms with Crippen molar-refractivity contribution in [2.45, 2.75) is 24.7 Å². The smallest absolute Gasteiger partial charge is 0.371 e. The lowest BCUT2D eigenvalue weighted by Crippen LogP contribution is -2.46. The molecular formula is C22H19F3N2O3. The first kappa shape index (κ1) is 20.2. The molecule has 156 valence electrons. The molecule has 5 nitrogen and oxygen atoms in total. The number of benzene rings is 2. The van der Waals surface area contributed by atoms with Gasteiger partial charge in [-0.25, -0.2) is 0 Å². The quantitative estimate of drug-likeness (QED) is 0.764. The van der Waals surface area contributed by atoms with Crippen LogP contribution in [0, 0.1) is 0 Å².